The van der Waals surface area contributed by atoms with Crippen LogP contribution in [0.4, 0.5) is 0 Å². The smallest absolute Gasteiger partial charge is 0.256 e. The van der Waals surface area contributed by atoms with Gasteiger partial charge in [-0.3, -0.25) is 9.48 Å². The monoisotopic (exact) mass is 367 g/mol. The van der Waals surface area contributed by atoms with Crippen LogP contribution in [0.2, 0.25) is 0 Å². The van der Waals surface area contributed by atoms with Crippen molar-refractivity contribution in [2.24, 2.45) is 0 Å². The summed E-state index contributed by atoms with van der Waals surface area (Å²) in [6.07, 6.45) is 7.27. The lowest BCUT2D eigenvalue weighted by Gasteiger charge is -2.29. The molecule has 8 nitrogen and oxygen atoms in total. The molecule has 3 aromatic heterocycles. The zero-order chi connectivity index (χ0) is 19.0. The normalized spacial score (nSPS) is 16.1. The Hall–Kier alpha value is -2.74. The summed E-state index contributed by atoms with van der Waals surface area (Å²) in [7, 11) is 2.11. The van der Waals surface area contributed by atoms with Crippen molar-refractivity contribution in [3.8, 4) is 11.3 Å². The zero-order valence-corrected chi connectivity index (χ0v) is 16.0. The molecule has 4 heterocycles. The molecule has 0 unspecified atom stereocenters. The number of fused-ring (bicyclic) bond motifs is 1. The highest BCUT2D eigenvalue weighted by Crippen LogP contribution is 2.24. The Bertz CT molecular complexity index is 966. The van der Waals surface area contributed by atoms with Gasteiger partial charge in [0, 0.05) is 30.5 Å². The molecule has 1 aliphatic heterocycles. The van der Waals surface area contributed by atoms with E-state index in [-0.39, 0.29) is 11.9 Å². The third-order valence-electron chi connectivity index (χ3n) is 5.25. The molecule has 1 amide bonds. The lowest BCUT2D eigenvalue weighted by atomic mass is 10.1. The van der Waals surface area contributed by atoms with Gasteiger partial charge in [-0.1, -0.05) is 0 Å². The number of nitrogens with zero attached hydrogens (tertiary/aromatic N) is 6. The molecule has 0 aliphatic carbocycles. The van der Waals surface area contributed by atoms with Gasteiger partial charge in [-0.25, -0.2) is 9.50 Å². The highest BCUT2D eigenvalue weighted by atomic mass is 16.1. The number of hydrogen-bond acceptors (Lipinski definition) is 5. The number of carbonyl (C=O) groups is 1. The number of hydrogen-bond donors (Lipinski definition) is 1. The second kappa shape index (κ2) is 7.11. The fourth-order valence-electron chi connectivity index (χ4n) is 3.60. The van der Waals surface area contributed by atoms with Gasteiger partial charge in [0.05, 0.1) is 17.6 Å². The summed E-state index contributed by atoms with van der Waals surface area (Å²) in [5.41, 5.74) is 3.89. The average Bonchev–Trinajstić information content (AvgIpc) is 3.27. The number of likely N-dealkylation sites (tertiary alicyclic amines) is 1. The Morgan fingerprint density at radius 2 is 2.11 bits per heavy atom. The molecule has 0 spiro atoms. The Kier molecular flexibility index (Phi) is 4.65. The SMILES string of the molecule is CCn1cc(-c2ccnc3c(C(=O)NC4CCN(C)CC4)cnn23)c(C)n1. The summed E-state index contributed by atoms with van der Waals surface area (Å²) in [4.78, 5) is 19.5. The zero-order valence-electron chi connectivity index (χ0n) is 16.0. The van der Waals surface area contributed by atoms with Crippen molar-refractivity contribution in [3.05, 3.63) is 35.9 Å². The van der Waals surface area contributed by atoms with Crippen LogP contribution in [0.5, 0.6) is 0 Å². The molecule has 0 atom stereocenters. The first-order chi connectivity index (χ1) is 13.1. The molecular formula is C19H25N7O. The van der Waals surface area contributed by atoms with Crippen molar-refractivity contribution in [2.75, 3.05) is 20.1 Å². The third-order valence-corrected chi connectivity index (χ3v) is 5.25. The Morgan fingerprint density at radius 1 is 1.33 bits per heavy atom. The van der Waals surface area contributed by atoms with E-state index in [2.05, 4.69) is 39.4 Å². The molecule has 1 N–H and O–H groups in total. The predicted octanol–water partition coefficient (Wildman–Crippen LogP) is 1.75. The summed E-state index contributed by atoms with van der Waals surface area (Å²) < 4.78 is 3.63. The summed E-state index contributed by atoms with van der Waals surface area (Å²) in [6.45, 7) is 6.84. The highest BCUT2D eigenvalue weighted by molar-refractivity contribution is 6.00. The van der Waals surface area contributed by atoms with E-state index < -0.39 is 0 Å². The number of aryl methyl sites for hydroxylation is 2. The second-order valence-corrected chi connectivity index (χ2v) is 7.16. The van der Waals surface area contributed by atoms with Crippen molar-refractivity contribution in [1.82, 2.24) is 34.6 Å². The minimum atomic E-state index is -0.106. The van der Waals surface area contributed by atoms with Crippen molar-refractivity contribution in [2.45, 2.75) is 39.3 Å². The fraction of sp³-hybridized carbons (Fsp3) is 0.474. The molecule has 1 saturated heterocycles. The van der Waals surface area contributed by atoms with E-state index >= 15 is 0 Å². The molecule has 0 bridgehead atoms. The number of piperidine rings is 1. The van der Waals surface area contributed by atoms with Gasteiger partial charge in [0.1, 0.15) is 5.56 Å². The number of carbonyl (C=O) groups excluding carboxylic acids is 1. The number of rotatable bonds is 4. The van der Waals surface area contributed by atoms with E-state index in [1.807, 2.05) is 23.9 Å². The van der Waals surface area contributed by atoms with E-state index in [4.69, 9.17) is 0 Å². The number of nitrogens with one attached hydrogen (secondary N) is 1. The highest BCUT2D eigenvalue weighted by Gasteiger charge is 2.22. The summed E-state index contributed by atoms with van der Waals surface area (Å²) in [5, 5.41) is 12.1. The van der Waals surface area contributed by atoms with Gasteiger partial charge in [0.2, 0.25) is 0 Å². The molecule has 1 aliphatic rings. The minimum absolute atomic E-state index is 0.106. The van der Waals surface area contributed by atoms with E-state index in [1.165, 1.54) is 0 Å². The lowest BCUT2D eigenvalue weighted by Crippen LogP contribution is -2.43. The van der Waals surface area contributed by atoms with E-state index in [0.717, 1.165) is 49.4 Å². The molecule has 142 valence electrons. The topological polar surface area (TPSA) is 80.4 Å². The van der Waals surface area contributed by atoms with Crippen molar-refractivity contribution in [1.29, 1.82) is 0 Å². The first-order valence-electron chi connectivity index (χ1n) is 9.43. The van der Waals surface area contributed by atoms with Gasteiger partial charge in [-0.05, 0) is 52.9 Å². The molecule has 3 aromatic rings. The van der Waals surface area contributed by atoms with Gasteiger partial charge >= 0.3 is 0 Å². The van der Waals surface area contributed by atoms with Crippen LogP contribution in [-0.2, 0) is 6.54 Å². The molecular weight excluding hydrogens is 342 g/mol. The van der Waals surface area contributed by atoms with Gasteiger partial charge in [0.25, 0.3) is 5.91 Å². The van der Waals surface area contributed by atoms with E-state index in [9.17, 15) is 4.79 Å². The number of aromatic nitrogens is 5. The van der Waals surface area contributed by atoms with Crippen LogP contribution in [-0.4, -0.2) is 61.4 Å². The first kappa shape index (κ1) is 17.7. The van der Waals surface area contributed by atoms with Gasteiger partial charge < -0.3 is 10.2 Å². The molecule has 1 fully saturated rings. The summed E-state index contributed by atoms with van der Waals surface area (Å²) in [6, 6.07) is 2.11. The quantitative estimate of drug-likeness (QED) is 0.760. The van der Waals surface area contributed by atoms with Crippen LogP contribution in [0, 0.1) is 6.92 Å². The third kappa shape index (κ3) is 3.32. The first-order valence-corrected chi connectivity index (χ1v) is 9.43. The van der Waals surface area contributed by atoms with Crippen molar-refractivity contribution >= 4 is 11.6 Å². The van der Waals surface area contributed by atoms with E-state index in [0.29, 0.717) is 11.2 Å². The Balaban J connectivity index is 1.64. The van der Waals surface area contributed by atoms with Gasteiger partial charge in [-0.2, -0.15) is 10.2 Å². The van der Waals surface area contributed by atoms with Crippen LogP contribution in [0.15, 0.2) is 24.7 Å². The Morgan fingerprint density at radius 3 is 2.81 bits per heavy atom. The molecule has 8 heteroatoms. The van der Waals surface area contributed by atoms with Crippen LogP contribution >= 0.6 is 0 Å². The standard InChI is InChI=1S/C19H25N7O/c1-4-25-12-16(13(2)23-25)17-5-8-20-18-15(11-21-26(17)18)19(27)22-14-6-9-24(3)10-7-14/h5,8,11-12,14H,4,6-7,9-10H2,1-3H3,(H,22,27). The molecule has 0 saturated carbocycles. The van der Waals surface area contributed by atoms with Crippen LogP contribution < -0.4 is 5.32 Å². The Labute approximate surface area is 158 Å². The van der Waals surface area contributed by atoms with E-state index in [1.54, 1.807) is 16.9 Å². The maximum atomic E-state index is 12.8. The van der Waals surface area contributed by atoms with Gasteiger partial charge in [0.15, 0.2) is 5.65 Å². The lowest BCUT2D eigenvalue weighted by molar-refractivity contribution is 0.0918. The average molecular weight is 367 g/mol. The fourth-order valence-corrected chi connectivity index (χ4v) is 3.60. The second-order valence-electron chi connectivity index (χ2n) is 7.16. The summed E-state index contributed by atoms with van der Waals surface area (Å²) in [5.74, 6) is -0.106. The molecule has 27 heavy (non-hydrogen) atoms. The summed E-state index contributed by atoms with van der Waals surface area (Å²) >= 11 is 0. The molecule has 0 aromatic carbocycles. The molecule has 0 radical (unpaired) electrons. The van der Waals surface area contributed by atoms with Crippen LogP contribution in [0.25, 0.3) is 16.9 Å². The van der Waals surface area contributed by atoms with Crippen molar-refractivity contribution in [3.63, 3.8) is 0 Å². The van der Waals surface area contributed by atoms with Crippen LogP contribution in [0.1, 0.15) is 35.8 Å². The predicted molar refractivity (Wildman–Crippen MR) is 103 cm³/mol. The maximum Gasteiger partial charge on any atom is 0.256 e. The van der Waals surface area contributed by atoms with Crippen LogP contribution in [0.3, 0.4) is 0 Å². The molecule has 4 rings (SSSR count). The number of amides is 1. The van der Waals surface area contributed by atoms with Gasteiger partial charge in [-0.15, -0.1) is 0 Å². The van der Waals surface area contributed by atoms with Crippen molar-refractivity contribution < 1.29 is 4.79 Å². The largest absolute Gasteiger partial charge is 0.349 e. The minimum Gasteiger partial charge on any atom is -0.349 e. The maximum absolute atomic E-state index is 12.8.